The Morgan fingerprint density at radius 2 is 1.93 bits per heavy atom. The number of fused-ring (bicyclic) bond motifs is 1. The van der Waals surface area contributed by atoms with Crippen LogP contribution < -0.4 is 5.32 Å². The second-order valence-corrected chi connectivity index (χ2v) is 7.68. The van der Waals surface area contributed by atoms with E-state index < -0.39 is 0 Å². The van der Waals surface area contributed by atoms with Gasteiger partial charge in [0.2, 0.25) is 5.91 Å². The van der Waals surface area contributed by atoms with Crippen molar-refractivity contribution in [3.05, 3.63) is 29.7 Å². The second-order valence-electron chi connectivity index (χ2n) is 7.68. The Balaban J connectivity index is 1.61. The molecule has 2 aromatic heterocycles. The summed E-state index contributed by atoms with van der Waals surface area (Å²) in [6.45, 7) is 3.29. The first-order valence-electron chi connectivity index (χ1n) is 10.3. The zero-order valence-electron chi connectivity index (χ0n) is 16.4. The lowest BCUT2D eigenvalue weighted by atomic mass is 9.98. The SMILES string of the molecule is CNC(=O)c1cnn2c([C@H]3CCCCN3C(=O)CN3CCCCC3)ccnc12. The summed E-state index contributed by atoms with van der Waals surface area (Å²) in [4.78, 5) is 33.9. The maximum Gasteiger partial charge on any atom is 0.256 e. The molecule has 0 spiro atoms. The topological polar surface area (TPSA) is 82.8 Å². The number of nitrogens with zero attached hydrogens (tertiary/aromatic N) is 5. The number of likely N-dealkylation sites (tertiary alicyclic amines) is 2. The van der Waals surface area contributed by atoms with Crippen molar-refractivity contribution in [3.8, 4) is 0 Å². The van der Waals surface area contributed by atoms with Gasteiger partial charge in [-0.3, -0.25) is 14.5 Å². The highest BCUT2D eigenvalue weighted by Crippen LogP contribution is 2.31. The number of rotatable bonds is 4. The third-order valence-electron chi connectivity index (χ3n) is 5.87. The van der Waals surface area contributed by atoms with E-state index in [2.05, 4.69) is 20.3 Å². The van der Waals surface area contributed by atoms with Crippen LogP contribution in [-0.4, -0.2) is 69.4 Å². The Kier molecular flexibility index (Phi) is 5.57. The van der Waals surface area contributed by atoms with E-state index in [1.54, 1.807) is 24.0 Å². The first-order valence-corrected chi connectivity index (χ1v) is 10.3. The molecule has 150 valence electrons. The summed E-state index contributed by atoms with van der Waals surface area (Å²) in [5.41, 5.74) is 1.91. The van der Waals surface area contributed by atoms with E-state index in [1.807, 2.05) is 11.0 Å². The molecule has 0 radical (unpaired) electrons. The first kappa shape index (κ1) is 18.9. The highest BCUT2D eigenvalue weighted by atomic mass is 16.2. The predicted molar refractivity (Wildman–Crippen MR) is 105 cm³/mol. The van der Waals surface area contributed by atoms with Gasteiger partial charge in [0.05, 0.1) is 24.5 Å². The minimum Gasteiger partial charge on any atom is -0.355 e. The number of amides is 2. The van der Waals surface area contributed by atoms with E-state index in [1.165, 1.54) is 19.3 Å². The van der Waals surface area contributed by atoms with Crippen LogP contribution in [0.5, 0.6) is 0 Å². The first-order chi connectivity index (χ1) is 13.7. The van der Waals surface area contributed by atoms with Gasteiger partial charge >= 0.3 is 0 Å². The molecule has 0 saturated carbocycles. The molecule has 2 saturated heterocycles. The van der Waals surface area contributed by atoms with Crippen molar-refractivity contribution in [1.82, 2.24) is 29.7 Å². The maximum atomic E-state index is 13.1. The Morgan fingerprint density at radius 3 is 2.71 bits per heavy atom. The fraction of sp³-hybridized carbons (Fsp3) is 0.600. The number of aromatic nitrogens is 3. The highest BCUT2D eigenvalue weighted by molar-refractivity contribution is 5.99. The molecule has 2 aromatic rings. The van der Waals surface area contributed by atoms with Gasteiger partial charge in [-0.05, 0) is 51.3 Å². The molecular weight excluding hydrogens is 356 g/mol. The van der Waals surface area contributed by atoms with Crippen LogP contribution in [-0.2, 0) is 4.79 Å². The van der Waals surface area contributed by atoms with Crippen LogP contribution in [0.1, 0.15) is 60.6 Å². The van der Waals surface area contributed by atoms with Crippen LogP contribution in [0, 0.1) is 0 Å². The zero-order chi connectivity index (χ0) is 19.5. The quantitative estimate of drug-likeness (QED) is 0.866. The third-order valence-corrected chi connectivity index (χ3v) is 5.87. The summed E-state index contributed by atoms with van der Waals surface area (Å²) in [6, 6.07) is 1.89. The Hall–Kier alpha value is -2.48. The molecule has 1 atom stereocenters. The number of hydrogen-bond acceptors (Lipinski definition) is 5. The van der Waals surface area contributed by atoms with Gasteiger partial charge in [0.1, 0.15) is 5.56 Å². The summed E-state index contributed by atoms with van der Waals surface area (Å²) >= 11 is 0. The van der Waals surface area contributed by atoms with E-state index in [9.17, 15) is 9.59 Å². The molecule has 8 heteroatoms. The molecule has 2 fully saturated rings. The molecule has 2 aliphatic rings. The summed E-state index contributed by atoms with van der Waals surface area (Å²) < 4.78 is 1.72. The number of carbonyl (C=O) groups is 2. The lowest BCUT2D eigenvalue weighted by Crippen LogP contribution is -2.45. The average Bonchev–Trinajstić information content (AvgIpc) is 3.18. The summed E-state index contributed by atoms with van der Waals surface area (Å²) in [5, 5.41) is 7.05. The van der Waals surface area contributed by atoms with Crippen LogP contribution >= 0.6 is 0 Å². The molecule has 0 aromatic carbocycles. The number of hydrogen-bond donors (Lipinski definition) is 1. The lowest BCUT2D eigenvalue weighted by molar-refractivity contribution is -0.136. The van der Waals surface area contributed by atoms with Crippen LogP contribution in [0.2, 0.25) is 0 Å². The minimum absolute atomic E-state index is 0.0334. The number of nitrogens with one attached hydrogen (secondary N) is 1. The van der Waals surface area contributed by atoms with E-state index in [0.717, 1.165) is 44.6 Å². The normalized spacial score (nSPS) is 21.0. The van der Waals surface area contributed by atoms with Gasteiger partial charge in [-0.2, -0.15) is 5.10 Å². The largest absolute Gasteiger partial charge is 0.355 e. The van der Waals surface area contributed by atoms with Gasteiger partial charge in [-0.15, -0.1) is 0 Å². The van der Waals surface area contributed by atoms with Crippen LogP contribution in [0.3, 0.4) is 0 Å². The number of carbonyl (C=O) groups excluding carboxylic acids is 2. The van der Waals surface area contributed by atoms with Crippen LogP contribution in [0.25, 0.3) is 5.65 Å². The van der Waals surface area contributed by atoms with E-state index in [4.69, 9.17) is 0 Å². The van der Waals surface area contributed by atoms with E-state index in [0.29, 0.717) is 17.8 Å². The molecule has 0 bridgehead atoms. The lowest BCUT2D eigenvalue weighted by Gasteiger charge is -2.37. The van der Waals surface area contributed by atoms with Crippen molar-refractivity contribution in [2.45, 2.75) is 44.6 Å². The van der Waals surface area contributed by atoms with Gasteiger partial charge in [-0.25, -0.2) is 9.50 Å². The minimum atomic E-state index is -0.207. The zero-order valence-corrected chi connectivity index (χ0v) is 16.4. The summed E-state index contributed by atoms with van der Waals surface area (Å²) in [7, 11) is 1.60. The molecule has 2 amide bonds. The maximum absolute atomic E-state index is 13.1. The van der Waals surface area contributed by atoms with Crippen LogP contribution in [0.15, 0.2) is 18.5 Å². The smallest absolute Gasteiger partial charge is 0.256 e. The second kappa shape index (κ2) is 8.26. The predicted octanol–water partition coefficient (Wildman–Crippen LogP) is 1.63. The molecule has 4 heterocycles. The third kappa shape index (κ3) is 3.61. The highest BCUT2D eigenvalue weighted by Gasteiger charge is 2.31. The van der Waals surface area contributed by atoms with Crippen molar-refractivity contribution in [1.29, 1.82) is 0 Å². The van der Waals surface area contributed by atoms with Gasteiger partial charge in [0.15, 0.2) is 5.65 Å². The fourth-order valence-electron chi connectivity index (χ4n) is 4.39. The average molecular weight is 384 g/mol. The van der Waals surface area contributed by atoms with Gasteiger partial charge in [0.25, 0.3) is 5.91 Å². The summed E-state index contributed by atoms with van der Waals surface area (Å²) in [5.74, 6) is -0.0171. The van der Waals surface area contributed by atoms with Crippen molar-refractivity contribution in [3.63, 3.8) is 0 Å². The van der Waals surface area contributed by atoms with Crippen LogP contribution in [0.4, 0.5) is 0 Å². The van der Waals surface area contributed by atoms with Crippen molar-refractivity contribution < 1.29 is 9.59 Å². The molecule has 0 unspecified atom stereocenters. The Bertz CT molecular complexity index is 857. The van der Waals surface area contributed by atoms with E-state index in [-0.39, 0.29) is 17.9 Å². The van der Waals surface area contributed by atoms with Crippen molar-refractivity contribution >= 4 is 17.5 Å². The number of piperidine rings is 2. The van der Waals surface area contributed by atoms with E-state index >= 15 is 0 Å². The van der Waals surface area contributed by atoms with Gasteiger partial charge in [0, 0.05) is 19.8 Å². The molecule has 28 heavy (non-hydrogen) atoms. The fourth-order valence-corrected chi connectivity index (χ4v) is 4.39. The van der Waals surface area contributed by atoms with Gasteiger partial charge in [-0.1, -0.05) is 6.42 Å². The molecule has 0 aliphatic carbocycles. The monoisotopic (exact) mass is 384 g/mol. The molecule has 2 aliphatic heterocycles. The molecule has 4 rings (SSSR count). The molecule has 1 N–H and O–H groups in total. The Labute approximate surface area is 164 Å². The molecule has 8 nitrogen and oxygen atoms in total. The summed E-state index contributed by atoms with van der Waals surface area (Å²) in [6.07, 6.45) is 9.88. The Morgan fingerprint density at radius 1 is 1.14 bits per heavy atom. The van der Waals surface area contributed by atoms with Crippen molar-refractivity contribution in [2.24, 2.45) is 0 Å². The standard InChI is InChI=1S/C20H28N6O2/c1-21-20(28)15-13-23-26-17(8-9-22-19(15)26)16-7-3-6-12-25(16)18(27)14-24-10-4-2-5-11-24/h8-9,13,16H,2-7,10-12,14H2,1H3,(H,21,28)/t16-/m1/s1. The van der Waals surface area contributed by atoms with Crippen molar-refractivity contribution in [2.75, 3.05) is 33.2 Å². The molecular formula is C20H28N6O2. The van der Waals surface area contributed by atoms with Gasteiger partial charge < -0.3 is 10.2 Å².